The van der Waals surface area contributed by atoms with Gasteiger partial charge in [0.1, 0.15) is 12.1 Å². The monoisotopic (exact) mass is 376 g/mol. The highest BCUT2D eigenvalue weighted by molar-refractivity contribution is 5.86. The number of piperazine rings is 1. The van der Waals surface area contributed by atoms with Gasteiger partial charge in [-0.15, -0.1) is 0 Å². The highest BCUT2D eigenvalue weighted by atomic mass is 16.5. The van der Waals surface area contributed by atoms with Crippen molar-refractivity contribution in [3.05, 3.63) is 42.6 Å². The topological polar surface area (TPSA) is 67.3 Å². The van der Waals surface area contributed by atoms with Gasteiger partial charge in [0, 0.05) is 44.3 Å². The van der Waals surface area contributed by atoms with E-state index in [1.807, 2.05) is 6.92 Å². The number of hydrogen-bond acceptors (Lipinski definition) is 7. The summed E-state index contributed by atoms with van der Waals surface area (Å²) in [6.45, 7) is 6.50. The zero-order valence-electron chi connectivity index (χ0n) is 16.1. The lowest BCUT2D eigenvalue weighted by Crippen LogP contribution is -2.47. The van der Waals surface area contributed by atoms with Crippen molar-refractivity contribution in [3.63, 3.8) is 0 Å². The van der Waals surface area contributed by atoms with Crippen molar-refractivity contribution in [2.75, 3.05) is 42.6 Å². The van der Waals surface area contributed by atoms with E-state index in [1.165, 1.54) is 18.5 Å². The third kappa shape index (κ3) is 3.44. The van der Waals surface area contributed by atoms with Crippen LogP contribution in [0.15, 0.2) is 36.9 Å². The summed E-state index contributed by atoms with van der Waals surface area (Å²) in [5, 5.41) is 0.993. The highest BCUT2D eigenvalue weighted by Crippen LogP contribution is 2.32. The zero-order chi connectivity index (χ0) is 18.9. The molecular weight excluding hydrogens is 352 g/mol. The first-order chi connectivity index (χ1) is 13.8. The van der Waals surface area contributed by atoms with E-state index < -0.39 is 0 Å². The Kier molecular flexibility index (Phi) is 4.43. The van der Waals surface area contributed by atoms with Crippen LogP contribution in [-0.4, -0.2) is 52.7 Å². The van der Waals surface area contributed by atoms with Crippen LogP contribution >= 0.6 is 0 Å². The molecule has 1 aromatic carbocycles. The van der Waals surface area contributed by atoms with Crippen LogP contribution in [0.1, 0.15) is 18.5 Å². The van der Waals surface area contributed by atoms with Crippen LogP contribution in [-0.2, 0) is 0 Å². The van der Waals surface area contributed by atoms with Gasteiger partial charge in [-0.3, -0.25) is 4.98 Å². The van der Waals surface area contributed by atoms with Gasteiger partial charge in [0.15, 0.2) is 0 Å². The number of hydrogen-bond donors (Lipinski definition) is 0. The molecule has 0 amide bonds. The number of nitrogens with zero attached hydrogens (tertiary/aromatic N) is 6. The summed E-state index contributed by atoms with van der Waals surface area (Å²) in [6, 6.07) is 6.37. The van der Waals surface area contributed by atoms with E-state index in [9.17, 15) is 0 Å². The van der Waals surface area contributed by atoms with Gasteiger partial charge in [-0.2, -0.15) is 0 Å². The molecule has 3 heterocycles. The van der Waals surface area contributed by atoms with Crippen molar-refractivity contribution in [2.45, 2.75) is 19.8 Å². The Balaban J connectivity index is 1.33. The molecule has 2 fully saturated rings. The van der Waals surface area contributed by atoms with Gasteiger partial charge in [-0.1, -0.05) is 0 Å². The molecule has 2 aromatic heterocycles. The molecule has 0 atom stereocenters. The molecule has 0 radical (unpaired) electrons. The van der Waals surface area contributed by atoms with Crippen molar-refractivity contribution < 1.29 is 4.74 Å². The van der Waals surface area contributed by atoms with Crippen LogP contribution in [0.25, 0.3) is 10.9 Å². The summed E-state index contributed by atoms with van der Waals surface area (Å²) in [4.78, 5) is 22.4. The minimum Gasteiger partial charge on any atom is -0.477 e. The Labute approximate surface area is 164 Å². The Bertz CT molecular complexity index is 982. The molecule has 1 saturated carbocycles. The average molecular weight is 376 g/mol. The van der Waals surface area contributed by atoms with Crippen LogP contribution in [0.4, 0.5) is 11.5 Å². The molecule has 7 nitrogen and oxygen atoms in total. The third-order valence-electron chi connectivity index (χ3n) is 5.53. The summed E-state index contributed by atoms with van der Waals surface area (Å²) >= 11 is 0. The number of fused-ring (bicyclic) bond motifs is 1. The number of ether oxygens (including phenoxy) is 1. The van der Waals surface area contributed by atoms with Gasteiger partial charge < -0.3 is 14.5 Å². The maximum Gasteiger partial charge on any atom is 0.224 e. The van der Waals surface area contributed by atoms with Gasteiger partial charge in [-0.25, -0.2) is 15.0 Å². The minimum atomic E-state index is 0.700. The lowest BCUT2D eigenvalue weighted by atomic mass is 10.2. The maximum atomic E-state index is 5.98. The van der Waals surface area contributed by atoms with Crippen LogP contribution < -0.4 is 14.5 Å². The molecule has 1 aliphatic carbocycles. The predicted octanol–water partition coefficient (Wildman–Crippen LogP) is 2.84. The Morgan fingerprint density at radius 1 is 0.964 bits per heavy atom. The second-order valence-electron chi connectivity index (χ2n) is 7.57. The molecule has 0 bridgehead atoms. The summed E-state index contributed by atoms with van der Waals surface area (Å²) in [6.07, 6.45) is 7.64. The van der Waals surface area contributed by atoms with Crippen LogP contribution in [0.2, 0.25) is 0 Å². The fourth-order valence-electron chi connectivity index (χ4n) is 3.70. The fourth-order valence-corrected chi connectivity index (χ4v) is 3.70. The largest absolute Gasteiger partial charge is 0.477 e. The van der Waals surface area contributed by atoms with E-state index in [0.29, 0.717) is 11.8 Å². The van der Waals surface area contributed by atoms with Gasteiger partial charge >= 0.3 is 0 Å². The number of aryl methyl sites for hydroxylation is 1. The molecule has 0 spiro atoms. The third-order valence-corrected chi connectivity index (χ3v) is 5.53. The van der Waals surface area contributed by atoms with E-state index in [1.54, 1.807) is 18.7 Å². The van der Waals surface area contributed by atoms with E-state index in [0.717, 1.165) is 55.2 Å². The molecule has 1 saturated heterocycles. The lowest BCUT2D eigenvalue weighted by Gasteiger charge is -2.37. The molecule has 5 rings (SSSR count). The van der Waals surface area contributed by atoms with E-state index in [-0.39, 0.29) is 0 Å². The molecule has 7 heteroatoms. The quantitative estimate of drug-likeness (QED) is 0.678. The Hall–Kier alpha value is -2.96. The van der Waals surface area contributed by atoms with Gasteiger partial charge in [0.05, 0.1) is 23.2 Å². The smallest absolute Gasteiger partial charge is 0.224 e. The SMILES string of the molecule is Cc1nccnc1N1CCN(c2ccc3ncnc(OCC4CC4)c3c2)CC1. The summed E-state index contributed by atoms with van der Waals surface area (Å²) < 4.78 is 5.98. The standard InChI is InChI=1S/C21H24N6O/c1-15-20(23-7-6-22-15)27-10-8-26(9-11-27)17-4-5-19-18(12-17)21(25-14-24-19)28-13-16-2-3-16/h4-7,12,14,16H,2-3,8-11,13H2,1H3. The van der Waals surface area contributed by atoms with Crippen molar-refractivity contribution in [1.82, 2.24) is 19.9 Å². The molecule has 1 aliphatic heterocycles. The Morgan fingerprint density at radius 2 is 1.75 bits per heavy atom. The number of benzene rings is 1. The van der Waals surface area contributed by atoms with Crippen LogP contribution in [0, 0.1) is 12.8 Å². The second-order valence-corrected chi connectivity index (χ2v) is 7.57. The molecule has 28 heavy (non-hydrogen) atoms. The predicted molar refractivity (Wildman–Crippen MR) is 109 cm³/mol. The molecule has 0 unspecified atom stereocenters. The van der Waals surface area contributed by atoms with Crippen LogP contribution in [0.5, 0.6) is 5.88 Å². The molecule has 144 valence electrons. The number of aromatic nitrogens is 4. The molecular formula is C21H24N6O. The first-order valence-electron chi connectivity index (χ1n) is 9.93. The summed E-state index contributed by atoms with van der Waals surface area (Å²) in [5.41, 5.74) is 3.10. The van der Waals surface area contributed by atoms with Crippen molar-refractivity contribution >= 4 is 22.4 Å². The second kappa shape index (κ2) is 7.22. The number of anilines is 2. The first-order valence-corrected chi connectivity index (χ1v) is 9.93. The highest BCUT2D eigenvalue weighted by Gasteiger charge is 2.23. The van der Waals surface area contributed by atoms with Crippen molar-refractivity contribution in [2.24, 2.45) is 5.92 Å². The number of rotatable bonds is 5. The lowest BCUT2D eigenvalue weighted by molar-refractivity contribution is 0.292. The summed E-state index contributed by atoms with van der Waals surface area (Å²) in [7, 11) is 0. The van der Waals surface area contributed by atoms with Gasteiger partial charge in [0.2, 0.25) is 5.88 Å². The van der Waals surface area contributed by atoms with Crippen molar-refractivity contribution in [3.8, 4) is 5.88 Å². The maximum absolute atomic E-state index is 5.98. The van der Waals surface area contributed by atoms with E-state index in [2.05, 4.69) is 47.9 Å². The minimum absolute atomic E-state index is 0.700. The first kappa shape index (κ1) is 17.2. The fraction of sp³-hybridized carbons (Fsp3) is 0.429. The molecule has 2 aliphatic rings. The molecule has 3 aromatic rings. The van der Waals surface area contributed by atoms with Crippen molar-refractivity contribution in [1.29, 1.82) is 0 Å². The molecule has 0 N–H and O–H groups in total. The normalized spacial score (nSPS) is 17.2. The summed E-state index contributed by atoms with van der Waals surface area (Å²) in [5.74, 6) is 2.39. The van der Waals surface area contributed by atoms with Gasteiger partial charge in [-0.05, 0) is 43.9 Å². The average Bonchev–Trinajstić information content (AvgIpc) is 3.57. The van der Waals surface area contributed by atoms with Crippen LogP contribution in [0.3, 0.4) is 0 Å². The zero-order valence-corrected chi connectivity index (χ0v) is 16.1. The Morgan fingerprint density at radius 3 is 2.54 bits per heavy atom. The van der Waals surface area contributed by atoms with Gasteiger partial charge in [0.25, 0.3) is 0 Å². The van der Waals surface area contributed by atoms with E-state index in [4.69, 9.17) is 4.74 Å². The van der Waals surface area contributed by atoms with E-state index >= 15 is 0 Å².